The van der Waals surface area contributed by atoms with Crippen molar-refractivity contribution in [3.8, 4) is 0 Å². The van der Waals surface area contributed by atoms with Crippen LogP contribution in [-0.2, 0) is 8.85 Å². The molecule has 0 rings (SSSR count). The fourth-order valence-corrected chi connectivity index (χ4v) is 2.48. The Kier molecular flexibility index (Phi) is 8.68. The molecule has 0 aromatic carbocycles. The molecule has 4 nitrogen and oxygen atoms in total. The molecule has 0 aliphatic heterocycles. The quantitative estimate of drug-likeness (QED) is 0.434. The van der Waals surface area contributed by atoms with Gasteiger partial charge in [0.05, 0.1) is 0 Å². The second-order valence-corrected chi connectivity index (χ2v) is 5.39. The van der Waals surface area contributed by atoms with Crippen LogP contribution in [0.3, 0.4) is 0 Å². The second-order valence-electron chi connectivity index (χ2n) is 3.12. The van der Waals surface area contributed by atoms with Crippen molar-refractivity contribution in [2.75, 3.05) is 20.8 Å². The third kappa shape index (κ3) is 7.15. The SMILES string of the molecule is CO[SiH](CC(N)CCCCO)OC. The number of rotatable bonds is 8. The fourth-order valence-electron chi connectivity index (χ4n) is 1.17. The van der Waals surface area contributed by atoms with Crippen LogP contribution in [0, 0.1) is 0 Å². The van der Waals surface area contributed by atoms with Gasteiger partial charge in [-0.25, -0.2) is 0 Å². The van der Waals surface area contributed by atoms with E-state index in [0.717, 1.165) is 25.3 Å². The van der Waals surface area contributed by atoms with Gasteiger partial charge in [-0.2, -0.15) is 0 Å². The first-order valence-electron chi connectivity index (χ1n) is 4.66. The Hall–Kier alpha value is 0.0569. The molecule has 0 saturated carbocycles. The normalized spacial score (nSPS) is 13.6. The summed E-state index contributed by atoms with van der Waals surface area (Å²) in [6.07, 6.45) is 2.75. The van der Waals surface area contributed by atoms with E-state index in [4.69, 9.17) is 19.7 Å². The molecule has 0 aromatic heterocycles. The first-order valence-corrected chi connectivity index (χ1v) is 6.42. The minimum Gasteiger partial charge on any atom is -0.400 e. The second kappa shape index (κ2) is 8.65. The molecule has 1 unspecified atom stereocenters. The molecule has 5 heteroatoms. The fraction of sp³-hybridized carbons (Fsp3) is 1.00. The average molecular weight is 207 g/mol. The number of hydrogen-bond acceptors (Lipinski definition) is 4. The molecule has 3 N–H and O–H groups in total. The van der Waals surface area contributed by atoms with E-state index in [1.54, 1.807) is 14.2 Å². The van der Waals surface area contributed by atoms with Crippen LogP contribution in [-0.4, -0.2) is 41.3 Å². The van der Waals surface area contributed by atoms with Crippen LogP contribution in [0.15, 0.2) is 0 Å². The first-order chi connectivity index (χ1) is 6.24. The standard InChI is InChI=1S/C8H21NO3Si/c1-11-13(12-2)7-8(9)5-3-4-6-10/h8,10,13H,3-7,9H2,1-2H3. The molecule has 0 saturated heterocycles. The van der Waals surface area contributed by atoms with Gasteiger partial charge in [0.1, 0.15) is 0 Å². The summed E-state index contributed by atoms with van der Waals surface area (Å²) in [7, 11) is 1.85. The molecular weight excluding hydrogens is 186 g/mol. The molecule has 0 aromatic rings. The maximum Gasteiger partial charge on any atom is 0.322 e. The number of aliphatic hydroxyl groups is 1. The summed E-state index contributed by atoms with van der Waals surface area (Å²) in [5.74, 6) is 0. The molecule has 0 aliphatic carbocycles. The van der Waals surface area contributed by atoms with Crippen molar-refractivity contribution in [1.29, 1.82) is 0 Å². The summed E-state index contributed by atoms with van der Waals surface area (Å²) in [5, 5.41) is 8.57. The molecule has 80 valence electrons. The van der Waals surface area contributed by atoms with Crippen molar-refractivity contribution in [3.63, 3.8) is 0 Å². The minimum atomic E-state index is -1.49. The van der Waals surface area contributed by atoms with Gasteiger partial charge < -0.3 is 19.7 Å². The van der Waals surface area contributed by atoms with Gasteiger partial charge in [-0.15, -0.1) is 0 Å². The van der Waals surface area contributed by atoms with Crippen molar-refractivity contribution in [2.24, 2.45) is 5.73 Å². The zero-order chi connectivity index (χ0) is 10.1. The van der Waals surface area contributed by atoms with Crippen molar-refractivity contribution in [3.05, 3.63) is 0 Å². The highest BCUT2D eigenvalue weighted by molar-refractivity contribution is 6.44. The maximum atomic E-state index is 8.57. The predicted octanol–water partition coefficient (Wildman–Crippen LogP) is -0.0104. The van der Waals surface area contributed by atoms with E-state index >= 15 is 0 Å². The predicted molar refractivity (Wildman–Crippen MR) is 54.9 cm³/mol. The molecule has 0 radical (unpaired) electrons. The van der Waals surface area contributed by atoms with Crippen molar-refractivity contribution in [1.82, 2.24) is 0 Å². The Labute approximate surface area is 81.9 Å². The zero-order valence-electron chi connectivity index (χ0n) is 8.53. The zero-order valence-corrected chi connectivity index (χ0v) is 9.69. The molecular formula is C8H21NO3Si. The van der Waals surface area contributed by atoms with Crippen LogP contribution in [0.1, 0.15) is 19.3 Å². The lowest BCUT2D eigenvalue weighted by atomic mass is 10.1. The van der Waals surface area contributed by atoms with Gasteiger partial charge in [-0.05, 0) is 19.3 Å². The molecule has 0 amide bonds. The van der Waals surface area contributed by atoms with Gasteiger partial charge in [0.15, 0.2) is 0 Å². The summed E-state index contributed by atoms with van der Waals surface area (Å²) in [6.45, 7) is 0.252. The Morgan fingerprint density at radius 2 is 1.92 bits per heavy atom. The van der Waals surface area contributed by atoms with Gasteiger partial charge in [0.25, 0.3) is 0 Å². The maximum absolute atomic E-state index is 8.57. The van der Waals surface area contributed by atoms with Crippen LogP contribution in [0.5, 0.6) is 0 Å². The third-order valence-electron chi connectivity index (χ3n) is 2.00. The van der Waals surface area contributed by atoms with Gasteiger partial charge in [-0.1, -0.05) is 0 Å². The Morgan fingerprint density at radius 3 is 2.38 bits per heavy atom. The number of hydrogen-bond donors (Lipinski definition) is 2. The molecule has 0 aliphatic rings. The molecule has 0 heterocycles. The highest BCUT2D eigenvalue weighted by Gasteiger charge is 2.14. The van der Waals surface area contributed by atoms with E-state index in [1.807, 2.05) is 0 Å². The van der Waals surface area contributed by atoms with E-state index in [-0.39, 0.29) is 12.6 Å². The van der Waals surface area contributed by atoms with Crippen molar-refractivity contribution in [2.45, 2.75) is 31.3 Å². The number of unbranched alkanes of at least 4 members (excludes halogenated alkanes) is 1. The number of aliphatic hydroxyl groups excluding tert-OH is 1. The van der Waals surface area contributed by atoms with Crippen LogP contribution in [0.25, 0.3) is 0 Å². The van der Waals surface area contributed by atoms with Gasteiger partial charge >= 0.3 is 9.28 Å². The highest BCUT2D eigenvalue weighted by atomic mass is 28.3. The molecule has 13 heavy (non-hydrogen) atoms. The van der Waals surface area contributed by atoms with Crippen molar-refractivity contribution >= 4 is 9.28 Å². The molecule has 1 atom stereocenters. The van der Waals surface area contributed by atoms with Crippen LogP contribution in [0.2, 0.25) is 6.04 Å². The molecule has 0 spiro atoms. The van der Waals surface area contributed by atoms with E-state index < -0.39 is 9.28 Å². The lowest BCUT2D eigenvalue weighted by Crippen LogP contribution is -2.30. The molecule has 0 fully saturated rings. The largest absolute Gasteiger partial charge is 0.400 e. The summed E-state index contributed by atoms with van der Waals surface area (Å²) in [5.41, 5.74) is 5.86. The van der Waals surface area contributed by atoms with E-state index in [9.17, 15) is 0 Å². The van der Waals surface area contributed by atoms with Crippen LogP contribution >= 0.6 is 0 Å². The van der Waals surface area contributed by atoms with Crippen LogP contribution in [0.4, 0.5) is 0 Å². The van der Waals surface area contributed by atoms with Gasteiger partial charge in [0.2, 0.25) is 0 Å². The monoisotopic (exact) mass is 207 g/mol. The lowest BCUT2D eigenvalue weighted by molar-refractivity contribution is 0.269. The van der Waals surface area contributed by atoms with E-state index in [0.29, 0.717) is 0 Å². The smallest absolute Gasteiger partial charge is 0.322 e. The summed E-state index contributed by atoms with van der Waals surface area (Å²) in [6, 6.07) is 1.00. The lowest BCUT2D eigenvalue weighted by Gasteiger charge is -2.16. The minimum absolute atomic E-state index is 0.156. The Bertz CT molecular complexity index is 112. The topological polar surface area (TPSA) is 64.7 Å². The van der Waals surface area contributed by atoms with Gasteiger partial charge in [0, 0.05) is 32.9 Å². The van der Waals surface area contributed by atoms with Gasteiger partial charge in [-0.3, -0.25) is 0 Å². The Balaban J connectivity index is 3.42. The van der Waals surface area contributed by atoms with E-state index in [2.05, 4.69) is 0 Å². The molecule has 0 bridgehead atoms. The first kappa shape index (κ1) is 13.1. The van der Waals surface area contributed by atoms with E-state index in [1.165, 1.54) is 0 Å². The van der Waals surface area contributed by atoms with Crippen LogP contribution < -0.4 is 5.73 Å². The average Bonchev–Trinajstić information content (AvgIpc) is 2.14. The third-order valence-corrected chi connectivity index (χ3v) is 4.05. The van der Waals surface area contributed by atoms with Crippen molar-refractivity contribution < 1.29 is 14.0 Å². The summed E-state index contributed by atoms with van der Waals surface area (Å²) < 4.78 is 10.3. The summed E-state index contributed by atoms with van der Waals surface area (Å²) >= 11 is 0. The summed E-state index contributed by atoms with van der Waals surface area (Å²) in [4.78, 5) is 0. The highest BCUT2D eigenvalue weighted by Crippen LogP contribution is 2.06. The number of nitrogens with two attached hydrogens (primary N) is 1. The Morgan fingerprint density at radius 1 is 1.31 bits per heavy atom.